The molecule has 1 aromatic carbocycles. The van der Waals surface area contributed by atoms with Gasteiger partial charge >= 0.3 is 0 Å². The highest BCUT2D eigenvalue weighted by Crippen LogP contribution is 2.27. The molecule has 0 radical (unpaired) electrons. The van der Waals surface area contributed by atoms with Crippen molar-refractivity contribution in [1.29, 1.82) is 0 Å². The number of nitrogens with two attached hydrogens (primary N) is 2. The molecule has 0 aliphatic heterocycles. The van der Waals surface area contributed by atoms with Crippen molar-refractivity contribution in [2.24, 2.45) is 5.73 Å². The van der Waals surface area contributed by atoms with Crippen molar-refractivity contribution < 1.29 is 4.79 Å². The van der Waals surface area contributed by atoms with E-state index in [0.717, 1.165) is 17.1 Å². The maximum Gasteiger partial charge on any atom is 0.250 e. The van der Waals surface area contributed by atoms with E-state index in [-0.39, 0.29) is 0 Å². The Kier molecular flexibility index (Phi) is 3.37. The van der Waals surface area contributed by atoms with Crippen LogP contribution in [0.25, 0.3) is 0 Å². The number of carbonyl (C=O) groups excluding carboxylic acids is 1. The molecule has 1 amide bonds. The number of primary amides is 1. The highest BCUT2D eigenvalue weighted by atomic mass is 16.1. The second kappa shape index (κ2) is 4.97. The Morgan fingerprint density at radius 1 is 1.16 bits per heavy atom. The average molecular weight is 256 g/mol. The van der Waals surface area contributed by atoms with Crippen molar-refractivity contribution in [2.45, 2.75) is 13.8 Å². The third kappa shape index (κ3) is 2.65. The lowest BCUT2D eigenvalue weighted by Gasteiger charge is -2.13. The van der Waals surface area contributed by atoms with E-state index in [1.54, 1.807) is 18.2 Å². The van der Waals surface area contributed by atoms with E-state index in [2.05, 4.69) is 10.3 Å². The number of pyridine rings is 1. The van der Waals surface area contributed by atoms with E-state index in [1.807, 2.05) is 26.0 Å². The van der Waals surface area contributed by atoms with Crippen LogP contribution >= 0.6 is 0 Å². The molecule has 2 rings (SSSR count). The fraction of sp³-hybridized carbons (Fsp3) is 0.143. The minimum Gasteiger partial charge on any atom is -0.396 e. The number of nitrogen functional groups attached to an aromatic ring is 1. The third-order valence-corrected chi connectivity index (χ3v) is 2.87. The highest BCUT2D eigenvalue weighted by molar-refractivity contribution is 6.01. The lowest BCUT2D eigenvalue weighted by molar-refractivity contribution is 0.100. The number of hydrogen-bond acceptors (Lipinski definition) is 4. The first-order chi connectivity index (χ1) is 8.99. The molecule has 0 aliphatic carbocycles. The Morgan fingerprint density at radius 2 is 1.89 bits per heavy atom. The second-order valence-electron chi connectivity index (χ2n) is 4.34. The number of hydrogen-bond donors (Lipinski definition) is 3. The molecule has 0 unspecified atom stereocenters. The molecule has 0 aliphatic rings. The highest BCUT2D eigenvalue weighted by Gasteiger charge is 2.10. The van der Waals surface area contributed by atoms with Crippen LogP contribution in [0.5, 0.6) is 0 Å². The van der Waals surface area contributed by atoms with Gasteiger partial charge in [-0.25, -0.2) is 0 Å². The van der Waals surface area contributed by atoms with Gasteiger partial charge < -0.3 is 16.8 Å². The van der Waals surface area contributed by atoms with Crippen molar-refractivity contribution in [1.82, 2.24) is 4.98 Å². The van der Waals surface area contributed by atoms with E-state index in [0.29, 0.717) is 16.9 Å². The number of aryl methyl sites for hydroxylation is 2. The maximum absolute atomic E-state index is 11.2. The Hall–Kier alpha value is -2.56. The summed E-state index contributed by atoms with van der Waals surface area (Å²) in [5.41, 5.74) is 15.1. The Bertz CT molecular complexity index is 637. The fourth-order valence-electron chi connectivity index (χ4n) is 1.85. The van der Waals surface area contributed by atoms with Gasteiger partial charge in [0.2, 0.25) is 0 Å². The number of carbonyl (C=O) groups is 1. The van der Waals surface area contributed by atoms with Gasteiger partial charge in [-0.3, -0.25) is 9.78 Å². The molecule has 0 spiro atoms. The molecule has 19 heavy (non-hydrogen) atoms. The van der Waals surface area contributed by atoms with Crippen LogP contribution in [0.4, 0.5) is 17.1 Å². The summed E-state index contributed by atoms with van der Waals surface area (Å²) >= 11 is 0. The molecule has 98 valence electrons. The third-order valence-electron chi connectivity index (χ3n) is 2.87. The molecule has 0 bridgehead atoms. The molecule has 1 heterocycles. The smallest absolute Gasteiger partial charge is 0.250 e. The predicted molar refractivity (Wildman–Crippen MR) is 76.4 cm³/mol. The average Bonchev–Trinajstić information content (AvgIpc) is 2.34. The van der Waals surface area contributed by atoms with Gasteiger partial charge in [0, 0.05) is 5.69 Å². The number of rotatable bonds is 3. The quantitative estimate of drug-likeness (QED) is 0.733. The first-order valence-electron chi connectivity index (χ1n) is 5.88. The van der Waals surface area contributed by atoms with Crippen LogP contribution in [-0.2, 0) is 0 Å². The van der Waals surface area contributed by atoms with Crippen molar-refractivity contribution >= 4 is 23.0 Å². The molecule has 5 nitrogen and oxygen atoms in total. The van der Waals surface area contributed by atoms with Gasteiger partial charge in [-0.2, -0.15) is 0 Å². The normalized spacial score (nSPS) is 10.2. The summed E-state index contributed by atoms with van der Waals surface area (Å²) in [6, 6.07) is 8.96. The number of aromatic nitrogens is 1. The molecule has 0 atom stereocenters. The van der Waals surface area contributed by atoms with Crippen LogP contribution in [0.2, 0.25) is 0 Å². The summed E-state index contributed by atoms with van der Waals surface area (Å²) in [7, 11) is 0. The van der Waals surface area contributed by atoms with E-state index < -0.39 is 5.91 Å². The summed E-state index contributed by atoms with van der Waals surface area (Å²) < 4.78 is 0. The van der Waals surface area contributed by atoms with Crippen LogP contribution in [0.15, 0.2) is 30.3 Å². The first-order valence-corrected chi connectivity index (χ1v) is 5.88. The molecule has 2 aromatic rings. The second-order valence-corrected chi connectivity index (χ2v) is 4.34. The molecule has 1 aromatic heterocycles. The number of nitrogens with zero attached hydrogens (tertiary/aromatic N) is 1. The summed E-state index contributed by atoms with van der Waals surface area (Å²) in [6.07, 6.45) is 0. The largest absolute Gasteiger partial charge is 0.396 e. The SMILES string of the molecule is Cc1ccc(Nc2cccc(C(N)=O)c2N)c(C)n1. The van der Waals surface area contributed by atoms with E-state index in [1.165, 1.54) is 0 Å². The molecular formula is C14H16N4O. The number of para-hydroxylation sites is 1. The number of anilines is 3. The van der Waals surface area contributed by atoms with Gasteiger partial charge in [0.15, 0.2) is 0 Å². The molecule has 5 N–H and O–H groups in total. The van der Waals surface area contributed by atoms with E-state index >= 15 is 0 Å². The Labute approximate surface area is 111 Å². The minimum atomic E-state index is -0.542. The minimum absolute atomic E-state index is 0.308. The van der Waals surface area contributed by atoms with Crippen LogP contribution in [0.1, 0.15) is 21.7 Å². The molecule has 0 saturated carbocycles. The monoisotopic (exact) mass is 256 g/mol. The zero-order valence-corrected chi connectivity index (χ0v) is 10.9. The van der Waals surface area contributed by atoms with Gasteiger partial charge in [0.05, 0.1) is 28.3 Å². The van der Waals surface area contributed by atoms with Gasteiger partial charge in [-0.1, -0.05) is 6.07 Å². The Morgan fingerprint density at radius 3 is 2.53 bits per heavy atom. The lowest BCUT2D eigenvalue weighted by Crippen LogP contribution is -2.14. The number of benzene rings is 1. The van der Waals surface area contributed by atoms with Crippen molar-refractivity contribution in [3.8, 4) is 0 Å². The Balaban J connectivity index is 2.38. The molecule has 0 saturated heterocycles. The lowest BCUT2D eigenvalue weighted by atomic mass is 10.1. The number of nitrogens with one attached hydrogen (secondary N) is 1. The van der Waals surface area contributed by atoms with Crippen molar-refractivity contribution in [3.63, 3.8) is 0 Å². The van der Waals surface area contributed by atoms with Gasteiger partial charge in [-0.15, -0.1) is 0 Å². The van der Waals surface area contributed by atoms with Crippen LogP contribution < -0.4 is 16.8 Å². The summed E-state index contributed by atoms with van der Waals surface area (Å²) in [5, 5.41) is 3.17. The molecule has 0 fully saturated rings. The van der Waals surface area contributed by atoms with Crippen molar-refractivity contribution in [3.05, 3.63) is 47.3 Å². The summed E-state index contributed by atoms with van der Waals surface area (Å²) in [6.45, 7) is 3.84. The standard InChI is InChI=1S/C14H16N4O/c1-8-6-7-11(9(2)17-8)18-12-5-3-4-10(13(12)15)14(16)19/h3-7,18H,15H2,1-2H3,(H2,16,19). The zero-order chi connectivity index (χ0) is 14.0. The van der Waals surface area contributed by atoms with E-state index in [4.69, 9.17) is 11.5 Å². The van der Waals surface area contributed by atoms with Gasteiger partial charge in [0.1, 0.15) is 0 Å². The predicted octanol–water partition coefficient (Wildman–Crippen LogP) is 2.12. The first kappa shape index (κ1) is 12.9. The van der Waals surface area contributed by atoms with Crippen LogP contribution in [0.3, 0.4) is 0 Å². The molecular weight excluding hydrogens is 240 g/mol. The topological polar surface area (TPSA) is 94.0 Å². The summed E-state index contributed by atoms with van der Waals surface area (Å²) in [4.78, 5) is 15.6. The van der Waals surface area contributed by atoms with Gasteiger partial charge in [0.25, 0.3) is 5.91 Å². The number of amides is 1. The van der Waals surface area contributed by atoms with Crippen LogP contribution in [-0.4, -0.2) is 10.9 Å². The summed E-state index contributed by atoms with van der Waals surface area (Å²) in [5.74, 6) is -0.542. The van der Waals surface area contributed by atoms with Gasteiger partial charge in [-0.05, 0) is 38.1 Å². The zero-order valence-electron chi connectivity index (χ0n) is 10.9. The molecule has 5 heteroatoms. The van der Waals surface area contributed by atoms with Crippen molar-refractivity contribution in [2.75, 3.05) is 11.1 Å². The fourth-order valence-corrected chi connectivity index (χ4v) is 1.85. The van der Waals surface area contributed by atoms with Crippen LogP contribution in [0, 0.1) is 13.8 Å². The maximum atomic E-state index is 11.2. The van der Waals surface area contributed by atoms with E-state index in [9.17, 15) is 4.79 Å².